The Morgan fingerprint density at radius 3 is 2.87 bits per heavy atom. The minimum absolute atomic E-state index is 0.277. The largest absolute Gasteiger partial charge is 0.329 e. The molecule has 2 rings (SSSR count). The number of aromatic nitrogens is 2. The van der Waals surface area contributed by atoms with Crippen LogP contribution in [0.25, 0.3) is 17.1 Å². The molecule has 3 N–H and O–H groups in total. The molecule has 0 unspecified atom stereocenters. The van der Waals surface area contributed by atoms with Gasteiger partial charge in [0.05, 0.1) is 17.4 Å². The number of fused-ring (bicyclic) bond motifs is 1. The topological polar surface area (TPSA) is 79.2 Å². The van der Waals surface area contributed by atoms with Gasteiger partial charge in [0.2, 0.25) is 0 Å². The summed E-state index contributed by atoms with van der Waals surface area (Å²) in [4.78, 5) is 15.4. The van der Waals surface area contributed by atoms with Gasteiger partial charge in [-0.05, 0) is 29.2 Å². The van der Waals surface area contributed by atoms with E-state index in [9.17, 15) is 4.79 Å². The summed E-state index contributed by atoms with van der Waals surface area (Å²) >= 11 is 0. The third kappa shape index (κ3) is 5.19. The second-order valence-corrected chi connectivity index (χ2v) is 6.73. The zero-order valence-corrected chi connectivity index (χ0v) is 13.8. The number of nitrogens with zero attached hydrogens (tertiary/aromatic N) is 2. The Kier molecular flexibility index (Phi) is 5.52. The zero-order chi connectivity index (χ0) is 16.9. The fourth-order valence-electron chi connectivity index (χ4n) is 2.23. The fourth-order valence-corrected chi connectivity index (χ4v) is 2.23. The van der Waals surface area contributed by atoms with Crippen molar-refractivity contribution < 1.29 is 10.0 Å². The smallest absolute Gasteiger partial charge is 0.267 e. The summed E-state index contributed by atoms with van der Waals surface area (Å²) < 4.78 is 2.11. The number of imidazole rings is 1. The van der Waals surface area contributed by atoms with Crippen molar-refractivity contribution in [1.82, 2.24) is 20.3 Å². The van der Waals surface area contributed by atoms with E-state index < -0.39 is 5.91 Å². The fraction of sp³-hybridized carbons (Fsp3) is 0.412. The Labute approximate surface area is 136 Å². The number of amides is 1. The second-order valence-electron chi connectivity index (χ2n) is 6.73. The van der Waals surface area contributed by atoms with Gasteiger partial charge in [0.15, 0.2) is 0 Å². The van der Waals surface area contributed by atoms with Gasteiger partial charge >= 0.3 is 0 Å². The van der Waals surface area contributed by atoms with E-state index in [1.54, 1.807) is 11.6 Å². The van der Waals surface area contributed by atoms with E-state index >= 15 is 0 Å². The highest BCUT2D eigenvalue weighted by molar-refractivity contribution is 5.91. The first-order valence-corrected chi connectivity index (χ1v) is 7.67. The van der Waals surface area contributed by atoms with Crippen LogP contribution in [0.3, 0.4) is 0 Å². The normalized spacial score (nSPS) is 12.2. The van der Waals surface area contributed by atoms with Crippen molar-refractivity contribution in [3.63, 3.8) is 0 Å². The molecule has 0 radical (unpaired) electrons. The molecule has 1 aromatic carbocycles. The Hall–Kier alpha value is -2.18. The third-order valence-corrected chi connectivity index (χ3v) is 3.37. The van der Waals surface area contributed by atoms with Crippen LogP contribution < -0.4 is 10.8 Å². The van der Waals surface area contributed by atoms with Crippen LogP contribution in [-0.2, 0) is 11.3 Å². The van der Waals surface area contributed by atoms with Gasteiger partial charge in [0.25, 0.3) is 5.91 Å². The number of hydrogen-bond donors (Lipinski definition) is 3. The van der Waals surface area contributed by atoms with Gasteiger partial charge in [0.1, 0.15) is 0 Å². The van der Waals surface area contributed by atoms with Crippen LogP contribution in [0.2, 0.25) is 0 Å². The summed E-state index contributed by atoms with van der Waals surface area (Å²) in [6.07, 6.45) is 4.74. The average Bonchev–Trinajstić information content (AvgIpc) is 2.90. The van der Waals surface area contributed by atoms with Crippen LogP contribution in [0.5, 0.6) is 0 Å². The van der Waals surface area contributed by atoms with Gasteiger partial charge in [-0.2, -0.15) is 0 Å². The second kappa shape index (κ2) is 7.39. The quantitative estimate of drug-likeness (QED) is 0.330. The molecule has 0 fully saturated rings. The Balaban J connectivity index is 2.01. The van der Waals surface area contributed by atoms with Gasteiger partial charge in [-0.25, -0.2) is 10.5 Å². The van der Waals surface area contributed by atoms with Crippen molar-refractivity contribution >= 4 is 23.0 Å². The van der Waals surface area contributed by atoms with Crippen molar-refractivity contribution in [2.45, 2.75) is 27.3 Å². The summed E-state index contributed by atoms with van der Waals surface area (Å²) in [5.41, 5.74) is 4.64. The van der Waals surface area contributed by atoms with Crippen molar-refractivity contribution in [2.24, 2.45) is 5.41 Å². The Morgan fingerprint density at radius 2 is 2.17 bits per heavy atom. The van der Waals surface area contributed by atoms with Crippen molar-refractivity contribution in [1.29, 1.82) is 0 Å². The van der Waals surface area contributed by atoms with Gasteiger partial charge < -0.3 is 9.88 Å². The van der Waals surface area contributed by atoms with Crippen LogP contribution in [0.4, 0.5) is 0 Å². The molecule has 6 nitrogen and oxygen atoms in total. The summed E-state index contributed by atoms with van der Waals surface area (Å²) in [5, 5.41) is 11.9. The van der Waals surface area contributed by atoms with Gasteiger partial charge in [-0.1, -0.05) is 26.8 Å². The lowest BCUT2D eigenvalue weighted by Crippen LogP contribution is -2.29. The van der Waals surface area contributed by atoms with Gasteiger partial charge in [-0.3, -0.25) is 10.0 Å². The van der Waals surface area contributed by atoms with Crippen LogP contribution in [-0.4, -0.2) is 33.8 Å². The molecule has 0 aliphatic heterocycles. The van der Waals surface area contributed by atoms with Crippen LogP contribution in [0.15, 0.2) is 30.6 Å². The first kappa shape index (κ1) is 17.2. The van der Waals surface area contributed by atoms with E-state index in [4.69, 9.17) is 5.21 Å². The SMILES string of the molecule is CC(C)(C)CNCCn1cnc2cc(/C=C/C(=O)NO)ccc21. The molecule has 0 saturated carbocycles. The molecule has 0 bridgehead atoms. The first-order valence-electron chi connectivity index (χ1n) is 7.67. The maximum absolute atomic E-state index is 11.0. The maximum Gasteiger partial charge on any atom is 0.267 e. The number of carbonyl (C=O) groups is 1. The number of hydrogen-bond acceptors (Lipinski definition) is 4. The molecule has 124 valence electrons. The van der Waals surface area contributed by atoms with Crippen LogP contribution in [0.1, 0.15) is 26.3 Å². The maximum atomic E-state index is 11.0. The highest BCUT2D eigenvalue weighted by Crippen LogP contribution is 2.16. The highest BCUT2D eigenvalue weighted by Gasteiger charge is 2.09. The number of nitrogens with one attached hydrogen (secondary N) is 2. The summed E-state index contributed by atoms with van der Waals surface area (Å²) in [6.45, 7) is 9.34. The van der Waals surface area contributed by atoms with Crippen molar-refractivity contribution in [2.75, 3.05) is 13.1 Å². The average molecular weight is 316 g/mol. The Morgan fingerprint density at radius 1 is 1.39 bits per heavy atom. The molecule has 0 aliphatic carbocycles. The molecule has 2 aromatic rings. The van der Waals surface area contributed by atoms with Crippen LogP contribution >= 0.6 is 0 Å². The molecule has 1 amide bonds. The van der Waals surface area contributed by atoms with Crippen molar-refractivity contribution in [3.8, 4) is 0 Å². The molecule has 0 atom stereocenters. The molecular formula is C17H24N4O2. The van der Waals surface area contributed by atoms with E-state index in [1.165, 1.54) is 6.08 Å². The monoisotopic (exact) mass is 316 g/mol. The first-order chi connectivity index (χ1) is 10.9. The molecule has 1 heterocycles. The zero-order valence-electron chi connectivity index (χ0n) is 13.8. The van der Waals surface area contributed by atoms with Gasteiger partial charge in [0, 0.05) is 25.7 Å². The number of benzene rings is 1. The summed E-state index contributed by atoms with van der Waals surface area (Å²) in [7, 11) is 0. The van der Waals surface area contributed by atoms with E-state index in [1.807, 2.05) is 24.5 Å². The number of carbonyl (C=O) groups excluding carboxylic acids is 1. The Bertz CT molecular complexity index is 698. The third-order valence-electron chi connectivity index (χ3n) is 3.37. The van der Waals surface area contributed by atoms with Crippen LogP contribution in [0, 0.1) is 5.41 Å². The number of rotatable bonds is 6. The summed E-state index contributed by atoms with van der Waals surface area (Å²) in [5.74, 6) is -0.555. The molecule has 23 heavy (non-hydrogen) atoms. The molecule has 1 aromatic heterocycles. The van der Waals surface area contributed by atoms with E-state index in [2.05, 4.69) is 35.6 Å². The number of hydroxylamine groups is 1. The van der Waals surface area contributed by atoms with E-state index in [0.717, 1.165) is 36.2 Å². The molecular weight excluding hydrogens is 292 g/mol. The predicted octanol–water partition coefficient (Wildman–Crippen LogP) is 2.19. The van der Waals surface area contributed by atoms with E-state index in [-0.39, 0.29) is 5.41 Å². The molecule has 0 spiro atoms. The molecule has 0 aliphatic rings. The lowest BCUT2D eigenvalue weighted by atomic mass is 9.97. The highest BCUT2D eigenvalue weighted by atomic mass is 16.5. The van der Waals surface area contributed by atoms with Crippen molar-refractivity contribution in [3.05, 3.63) is 36.2 Å². The minimum atomic E-state index is -0.555. The molecule has 6 heteroatoms. The molecule has 0 saturated heterocycles. The van der Waals surface area contributed by atoms with Gasteiger partial charge in [-0.15, -0.1) is 0 Å². The van der Waals surface area contributed by atoms with E-state index in [0.29, 0.717) is 0 Å². The lowest BCUT2D eigenvalue weighted by molar-refractivity contribution is -0.124. The standard InChI is InChI=1S/C17H24N4O2/c1-17(2,3)11-18-8-9-21-12-19-14-10-13(4-6-15(14)21)5-7-16(22)20-23/h4-7,10,12,18,23H,8-9,11H2,1-3H3,(H,20,22)/b7-5+. The minimum Gasteiger partial charge on any atom is -0.329 e. The summed E-state index contributed by atoms with van der Waals surface area (Å²) in [6, 6.07) is 5.82. The lowest BCUT2D eigenvalue weighted by Gasteiger charge is -2.18. The predicted molar refractivity (Wildman–Crippen MR) is 91.0 cm³/mol.